The second kappa shape index (κ2) is 6.74. The van der Waals surface area contributed by atoms with Crippen LogP contribution in [-0.2, 0) is 4.79 Å². The molecule has 1 saturated heterocycles. The highest BCUT2D eigenvalue weighted by atomic mass is 35.5. The van der Waals surface area contributed by atoms with Crippen molar-refractivity contribution in [3.05, 3.63) is 64.0 Å². The summed E-state index contributed by atoms with van der Waals surface area (Å²) in [6.45, 7) is 2.42. The number of rotatable bonds is 3. The molecule has 1 unspecified atom stereocenters. The quantitative estimate of drug-likeness (QED) is 0.642. The Balaban J connectivity index is 1.56. The molecule has 0 aliphatic carbocycles. The summed E-state index contributed by atoms with van der Waals surface area (Å²) in [4.78, 5) is 18.6. The van der Waals surface area contributed by atoms with Gasteiger partial charge in [0.05, 0.1) is 16.6 Å². The molecule has 2 heterocycles. The van der Waals surface area contributed by atoms with E-state index in [-0.39, 0.29) is 11.8 Å². The Labute approximate surface area is 160 Å². The van der Waals surface area contributed by atoms with Crippen LogP contribution in [0.4, 0.5) is 5.69 Å². The Morgan fingerprint density at radius 1 is 1.15 bits per heavy atom. The van der Waals surface area contributed by atoms with Crippen molar-refractivity contribution in [3.8, 4) is 11.4 Å². The minimum atomic E-state index is -0.159. The third kappa shape index (κ3) is 3.20. The normalized spacial score (nSPS) is 17.1. The third-order valence-corrected chi connectivity index (χ3v) is 4.97. The van der Waals surface area contributed by atoms with Crippen LogP contribution < -0.4 is 4.90 Å². The third-order valence-electron chi connectivity index (χ3n) is 4.41. The lowest BCUT2D eigenvalue weighted by Crippen LogP contribution is -2.24. The number of benzene rings is 2. The lowest BCUT2D eigenvalue weighted by Gasteiger charge is -2.18. The molecule has 4 rings (SSSR count). The SMILES string of the molecule is Cc1ccc(N2CC(c3nc(-c4ccc(Cl)cc4)no3)CC2=O)c(Cl)c1. The van der Waals surface area contributed by atoms with Crippen LogP contribution in [0, 0.1) is 6.92 Å². The van der Waals surface area contributed by atoms with Gasteiger partial charge in [0.15, 0.2) is 0 Å². The molecule has 0 N–H and O–H groups in total. The van der Waals surface area contributed by atoms with Gasteiger partial charge in [-0.25, -0.2) is 0 Å². The molecular formula is C19H15Cl2N3O2. The van der Waals surface area contributed by atoms with Crippen molar-refractivity contribution in [1.82, 2.24) is 10.1 Å². The van der Waals surface area contributed by atoms with Crippen LogP contribution in [0.25, 0.3) is 11.4 Å². The number of carbonyl (C=O) groups excluding carboxylic acids is 1. The zero-order valence-corrected chi connectivity index (χ0v) is 15.5. The standard InChI is InChI=1S/C19H15Cl2N3O2/c1-11-2-7-16(15(21)8-11)24-10-13(9-17(24)25)19-22-18(23-26-19)12-3-5-14(20)6-4-12/h2-8,13H,9-10H2,1H3. The van der Waals surface area contributed by atoms with E-state index < -0.39 is 0 Å². The largest absolute Gasteiger partial charge is 0.339 e. The molecule has 0 bridgehead atoms. The van der Waals surface area contributed by atoms with Crippen molar-refractivity contribution in [3.63, 3.8) is 0 Å². The fourth-order valence-electron chi connectivity index (χ4n) is 3.05. The van der Waals surface area contributed by atoms with E-state index in [2.05, 4.69) is 10.1 Å². The highest BCUT2D eigenvalue weighted by Crippen LogP contribution is 2.35. The maximum Gasteiger partial charge on any atom is 0.232 e. The van der Waals surface area contributed by atoms with Crippen molar-refractivity contribution in [2.75, 3.05) is 11.4 Å². The molecule has 1 atom stereocenters. The van der Waals surface area contributed by atoms with Gasteiger partial charge in [0.25, 0.3) is 0 Å². The monoisotopic (exact) mass is 387 g/mol. The molecule has 0 spiro atoms. The van der Waals surface area contributed by atoms with Gasteiger partial charge in [0, 0.05) is 23.6 Å². The molecule has 0 saturated carbocycles. The maximum atomic E-state index is 12.5. The molecule has 1 aliphatic heterocycles. The predicted molar refractivity (Wildman–Crippen MR) is 101 cm³/mol. The number of aryl methyl sites for hydroxylation is 1. The van der Waals surface area contributed by atoms with Gasteiger partial charge in [-0.05, 0) is 48.9 Å². The molecule has 1 amide bonds. The summed E-state index contributed by atoms with van der Waals surface area (Å²) < 4.78 is 5.41. The van der Waals surface area contributed by atoms with Crippen molar-refractivity contribution in [2.45, 2.75) is 19.3 Å². The van der Waals surface area contributed by atoms with E-state index in [1.165, 1.54) is 0 Å². The number of carbonyl (C=O) groups is 1. The van der Waals surface area contributed by atoms with Gasteiger partial charge in [-0.15, -0.1) is 0 Å². The van der Waals surface area contributed by atoms with Gasteiger partial charge in [-0.3, -0.25) is 4.79 Å². The van der Waals surface area contributed by atoms with Crippen LogP contribution in [0.3, 0.4) is 0 Å². The molecule has 1 aromatic heterocycles. The lowest BCUT2D eigenvalue weighted by atomic mass is 10.1. The number of hydrogen-bond donors (Lipinski definition) is 0. The molecule has 132 valence electrons. The van der Waals surface area contributed by atoms with E-state index in [9.17, 15) is 4.79 Å². The number of halogens is 2. The van der Waals surface area contributed by atoms with E-state index in [4.69, 9.17) is 27.7 Å². The number of nitrogens with zero attached hydrogens (tertiary/aromatic N) is 3. The average molecular weight is 388 g/mol. The Bertz CT molecular complexity index is 969. The summed E-state index contributed by atoms with van der Waals surface area (Å²) in [5, 5.41) is 5.23. The Morgan fingerprint density at radius 3 is 2.65 bits per heavy atom. The second-order valence-corrected chi connectivity index (χ2v) is 7.17. The van der Waals surface area contributed by atoms with Crippen molar-refractivity contribution >= 4 is 34.8 Å². The Kier molecular flexibility index (Phi) is 4.42. The van der Waals surface area contributed by atoms with E-state index >= 15 is 0 Å². The molecule has 1 fully saturated rings. The van der Waals surface area contributed by atoms with Crippen LogP contribution in [-0.4, -0.2) is 22.6 Å². The predicted octanol–water partition coefficient (Wildman–Crippen LogP) is 4.87. The average Bonchev–Trinajstić information content (AvgIpc) is 3.23. The fourth-order valence-corrected chi connectivity index (χ4v) is 3.52. The van der Waals surface area contributed by atoms with Gasteiger partial charge >= 0.3 is 0 Å². The van der Waals surface area contributed by atoms with Crippen molar-refractivity contribution in [1.29, 1.82) is 0 Å². The first kappa shape index (κ1) is 17.1. The highest BCUT2D eigenvalue weighted by molar-refractivity contribution is 6.34. The summed E-state index contributed by atoms with van der Waals surface area (Å²) in [5.41, 5.74) is 2.57. The summed E-state index contributed by atoms with van der Waals surface area (Å²) in [5.74, 6) is 0.769. The number of hydrogen-bond acceptors (Lipinski definition) is 4. The van der Waals surface area contributed by atoms with Gasteiger partial charge in [0.2, 0.25) is 17.6 Å². The van der Waals surface area contributed by atoms with Gasteiger partial charge < -0.3 is 9.42 Å². The number of amides is 1. The number of aromatic nitrogens is 2. The molecule has 0 radical (unpaired) electrons. The van der Waals surface area contributed by atoms with Crippen molar-refractivity contribution in [2.24, 2.45) is 0 Å². The smallest absolute Gasteiger partial charge is 0.232 e. The topological polar surface area (TPSA) is 59.2 Å². The van der Waals surface area contributed by atoms with Gasteiger partial charge in [0.1, 0.15) is 0 Å². The van der Waals surface area contributed by atoms with E-state index in [1.807, 2.05) is 37.3 Å². The zero-order chi connectivity index (χ0) is 18.3. The fraction of sp³-hybridized carbons (Fsp3) is 0.211. The summed E-state index contributed by atoms with van der Waals surface area (Å²) in [6, 6.07) is 12.9. The van der Waals surface area contributed by atoms with Crippen molar-refractivity contribution < 1.29 is 9.32 Å². The Hall–Kier alpha value is -2.37. The summed E-state index contributed by atoms with van der Waals surface area (Å²) in [6.07, 6.45) is 0.312. The van der Waals surface area contributed by atoms with E-state index in [0.29, 0.717) is 40.4 Å². The van der Waals surface area contributed by atoms with Crippen LogP contribution in [0.1, 0.15) is 23.8 Å². The van der Waals surface area contributed by atoms with Crippen LogP contribution >= 0.6 is 23.2 Å². The zero-order valence-electron chi connectivity index (χ0n) is 13.9. The summed E-state index contributed by atoms with van der Waals surface area (Å²) in [7, 11) is 0. The number of anilines is 1. The second-order valence-electron chi connectivity index (χ2n) is 6.32. The molecule has 1 aliphatic rings. The van der Waals surface area contributed by atoms with Crippen LogP contribution in [0.15, 0.2) is 47.0 Å². The molecule has 7 heteroatoms. The first-order valence-corrected chi connectivity index (χ1v) is 8.93. The van der Waals surface area contributed by atoms with Gasteiger partial charge in [-0.2, -0.15) is 4.98 Å². The van der Waals surface area contributed by atoms with Crippen LogP contribution in [0.2, 0.25) is 10.0 Å². The Morgan fingerprint density at radius 2 is 1.92 bits per heavy atom. The molecular weight excluding hydrogens is 373 g/mol. The highest BCUT2D eigenvalue weighted by Gasteiger charge is 2.36. The maximum absolute atomic E-state index is 12.5. The van der Waals surface area contributed by atoms with Crippen LogP contribution in [0.5, 0.6) is 0 Å². The minimum Gasteiger partial charge on any atom is -0.339 e. The molecule has 5 nitrogen and oxygen atoms in total. The minimum absolute atomic E-state index is 0.00741. The van der Waals surface area contributed by atoms with E-state index in [1.54, 1.807) is 17.0 Å². The molecule has 2 aromatic carbocycles. The first-order valence-electron chi connectivity index (χ1n) is 8.17. The molecule has 26 heavy (non-hydrogen) atoms. The van der Waals surface area contributed by atoms with Gasteiger partial charge in [-0.1, -0.05) is 34.4 Å². The van der Waals surface area contributed by atoms with E-state index in [0.717, 1.165) is 11.1 Å². The lowest BCUT2D eigenvalue weighted by molar-refractivity contribution is -0.117. The molecule has 3 aromatic rings. The summed E-state index contributed by atoms with van der Waals surface area (Å²) >= 11 is 12.2. The first-order chi connectivity index (χ1) is 12.5.